The third-order valence-electron chi connectivity index (χ3n) is 5.37. The van der Waals surface area contributed by atoms with Crippen molar-refractivity contribution in [2.45, 2.75) is 13.0 Å². The number of pyridine rings is 1. The number of nitrogens with one attached hydrogen (secondary N) is 1. The van der Waals surface area contributed by atoms with Crippen molar-refractivity contribution in [1.29, 1.82) is 5.26 Å². The SMILES string of the molecule is COc1cc2nccc(Oc3ccc(CC(=O)Nc4cccc(CN(C)C)c4)cc3)c2cc1C#N. The zero-order valence-corrected chi connectivity index (χ0v) is 19.9. The summed E-state index contributed by atoms with van der Waals surface area (Å²) in [4.78, 5) is 19.0. The Morgan fingerprint density at radius 1 is 1.03 bits per heavy atom. The van der Waals surface area contributed by atoms with Crippen molar-refractivity contribution in [3.05, 3.63) is 89.6 Å². The van der Waals surface area contributed by atoms with Crippen molar-refractivity contribution in [2.75, 3.05) is 26.5 Å². The average Bonchev–Trinajstić information content (AvgIpc) is 2.84. The molecule has 1 heterocycles. The van der Waals surface area contributed by atoms with Crippen LogP contribution in [0.5, 0.6) is 17.2 Å². The number of fused-ring (bicyclic) bond motifs is 1. The lowest BCUT2D eigenvalue weighted by Gasteiger charge is -2.12. The molecule has 0 saturated carbocycles. The van der Waals surface area contributed by atoms with E-state index in [0.717, 1.165) is 23.4 Å². The number of hydrogen-bond acceptors (Lipinski definition) is 6. The maximum Gasteiger partial charge on any atom is 0.228 e. The molecule has 0 aliphatic rings. The highest BCUT2D eigenvalue weighted by molar-refractivity contribution is 5.92. The fourth-order valence-corrected chi connectivity index (χ4v) is 3.80. The van der Waals surface area contributed by atoms with E-state index >= 15 is 0 Å². The maximum absolute atomic E-state index is 12.6. The van der Waals surface area contributed by atoms with Crippen molar-refractivity contribution in [2.24, 2.45) is 0 Å². The summed E-state index contributed by atoms with van der Waals surface area (Å²) in [5, 5.41) is 13.1. The molecule has 0 spiro atoms. The lowest BCUT2D eigenvalue weighted by molar-refractivity contribution is -0.115. The molecule has 0 aliphatic carbocycles. The Bertz CT molecular complexity index is 1390. The van der Waals surface area contributed by atoms with Gasteiger partial charge in [-0.2, -0.15) is 5.26 Å². The summed E-state index contributed by atoms with van der Waals surface area (Å²) in [6.07, 6.45) is 1.90. The third-order valence-corrected chi connectivity index (χ3v) is 5.37. The Labute approximate surface area is 204 Å². The molecule has 0 aliphatic heterocycles. The normalized spacial score (nSPS) is 10.7. The van der Waals surface area contributed by atoms with Crippen LogP contribution < -0.4 is 14.8 Å². The molecular formula is C28H26N4O3. The quantitative estimate of drug-likeness (QED) is 0.386. The first-order valence-corrected chi connectivity index (χ1v) is 11.1. The van der Waals surface area contributed by atoms with Gasteiger partial charge in [-0.3, -0.25) is 9.78 Å². The summed E-state index contributed by atoms with van der Waals surface area (Å²) >= 11 is 0. The van der Waals surface area contributed by atoms with E-state index in [4.69, 9.17) is 9.47 Å². The van der Waals surface area contributed by atoms with Crippen LogP contribution in [-0.4, -0.2) is 37.0 Å². The molecular weight excluding hydrogens is 440 g/mol. The highest BCUT2D eigenvalue weighted by Crippen LogP contribution is 2.33. The minimum absolute atomic E-state index is 0.0845. The molecule has 35 heavy (non-hydrogen) atoms. The van der Waals surface area contributed by atoms with E-state index in [-0.39, 0.29) is 12.3 Å². The molecule has 0 radical (unpaired) electrons. The Hall–Kier alpha value is -4.41. The fraction of sp³-hybridized carbons (Fsp3) is 0.179. The van der Waals surface area contributed by atoms with Crippen molar-refractivity contribution in [3.8, 4) is 23.3 Å². The Morgan fingerprint density at radius 3 is 2.54 bits per heavy atom. The van der Waals surface area contributed by atoms with Crippen molar-refractivity contribution in [1.82, 2.24) is 9.88 Å². The van der Waals surface area contributed by atoms with Crippen molar-refractivity contribution < 1.29 is 14.3 Å². The number of ether oxygens (including phenoxy) is 2. The number of aromatic nitrogens is 1. The number of anilines is 1. The van der Waals surface area contributed by atoms with Gasteiger partial charge in [0.15, 0.2) is 0 Å². The largest absolute Gasteiger partial charge is 0.495 e. The van der Waals surface area contributed by atoms with Crippen LogP contribution in [0.15, 0.2) is 72.9 Å². The smallest absolute Gasteiger partial charge is 0.228 e. The summed E-state index contributed by atoms with van der Waals surface area (Å²) < 4.78 is 11.3. The Morgan fingerprint density at radius 2 is 1.83 bits per heavy atom. The van der Waals surface area contributed by atoms with Crippen LogP contribution in [0.2, 0.25) is 0 Å². The predicted molar refractivity (Wildman–Crippen MR) is 136 cm³/mol. The van der Waals surface area contributed by atoms with Crippen LogP contribution in [0, 0.1) is 11.3 Å². The molecule has 0 fully saturated rings. The molecule has 1 amide bonds. The molecule has 3 aromatic carbocycles. The molecule has 0 atom stereocenters. The summed E-state index contributed by atoms with van der Waals surface area (Å²) in [5.41, 5.74) is 3.87. The Kier molecular flexibility index (Phi) is 7.24. The first kappa shape index (κ1) is 23.7. The number of amides is 1. The third kappa shape index (κ3) is 5.94. The lowest BCUT2D eigenvalue weighted by atomic mass is 10.1. The molecule has 0 unspecified atom stereocenters. The van der Waals surface area contributed by atoms with Crippen LogP contribution in [0.4, 0.5) is 5.69 Å². The summed E-state index contributed by atoms with van der Waals surface area (Å²) in [7, 11) is 5.54. The van der Waals surface area contributed by atoms with E-state index in [1.54, 1.807) is 24.4 Å². The molecule has 0 saturated heterocycles. The highest BCUT2D eigenvalue weighted by Gasteiger charge is 2.11. The van der Waals surface area contributed by atoms with Gasteiger partial charge in [0, 0.05) is 29.9 Å². The lowest BCUT2D eigenvalue weighted by Crippen LogP contribution is -2.15. The van der Waals surface area contributed by atoms with Gasteiger partial charge in [0.2, 0.25) is 5.91 Å². The summed E-state index contributed by atoms with van der Waals surface area (Å²) in [5.74, 6) is 1.58. The summed E-state index contributed by atoms with van der Waals surface area (Å²) in [6.45, 7) is 0.809. The molecule has 7 nitrogen and oxygen atoms in total. The zero-order valence-electron chi connectivity index (χ0n) is 19.9. The van der Waals surface area contributed by atoms with Gasteiger partial charge in [-0.15, -0.1) is 0 Å². The molecule has 1 N–H and O–H groups in total. The van der Waals surface area contributed by atoms with Crippen molar-refractivity contribution in [3.63, 3.8) is 0 Å². The van der Waals surface area contributed by atoms with Crippen LogP contribution >= 0.6 is 0 Å². The van der Waals surface area contributed by atoms with Crippen LogP contribution in [-0.2, 0) is 17.8 Å². The monoisotopic (exact) mass is 466 g/mol. The second-order valence-electron chi connectivity index (χ2n) is 8.40. The number of nitrogens with zero attached hydrogens (tertiary/aromatic N) is 3. The van der Waals surface area contributed by atoms with Crippen LogP contribution in [0.3, 0.4) is 0 Å². The second kappa shape index (κ2) is 10.7. The minimum atomic E-state index is -0.0845. The molecule has 1 aromatic heterocycles. The second-order valence-corrected chi connectivity index (χ2v) is 8.40. The molecule has 7 heteroatoms. The number of rotatable bonds is 8. The first-order chi connectivity index (χ1) is 16.9. The van der Waals surface area contributed by atoms with E-state index < -0.39 is 0 Å². The van der Waals surface area contributed by atoms with Gasteiger partial charge in [-0.05, 0) is 61.6 Å². The van der Waals surface area contributed by atoms with Gasteiger partial charge in [0.25, 0.3) is 0 Å². The highest BCUT2D eigenvalue weighted by atomic mass is 16.5. The van der Waals surface area contributed by atoms with Gasteiger partial charge in [0.05, 0.1) is 24.6 Å². The number of methoxy groups -OCH3 is 1. The topological polar surface area (TPSA) is 87.5 Å². The molecule has 4 aromatic rings. The summed E-state index contributed by atoms with van der Waals surface area (Å²) in [6, 6.07) is 22.6. The first-order valence-electron chi connectivity index (χ1n) is 11.1. The molecule has 0 bridgehead atoms. The molecule has 176 valence electrons. The number of carbonyl (C=O) groups is 1. The fourth-order valence-electron chi connectivity index (χ4n) is 3.80. The van der Waals surface area contributed by atoms with E-state index in [1.807, 2.05) is 62.6 Å². The van der Waals surface area contributed by atoms with Gasteiger partial charge in [0.1, 0.15) is 23.3 Å². The van der Waals surface area contributed by atoms with Gasteiger partial charge >= 0.3 is 0 Å². The van der Waals surface area contributed by atoms with E-state index in [0.29, 0.717) is 33.7 Å². The number of hydrogen-bond donors (Lipinski definition) is 1. The Balaban J connectivity index is 1.44. The number of carbonyl (C=O) groups excluding carboxylic acids is 1. The van der Waals surface area contributed by atoms with E-state index in [2.05, 4.69) is 21.3 Å². The van der Waals surface area contributed by atoms with E-state index in [9.17, 15) is 10.1 Å². The zero-order chi connectivity index (χ0) is 24.8. The van der Waals surface area contributed by atoms with Gasteiger partial charge in [-0.1, -0.05) is 24.3 Å². The predicted octanol–water partition coefficient (Wildman–Crippen LogP) is 5.15. The van der Waals surface area contributed by atoms with Crippen LogP contribution in [0.25, 0.3) is 10.9 Å². The number of benzene rings is 3. The van der Waals surface area contributed by atoms with Gasteiger partial charge < -0.3 is 19.7 Å². The van der Waals surface area contributed by atoms with Crippen molar-refractivity contribution >= 4 is 22.5 Å². The standard InChI is InChI=1S/C28H26N4O3/c1-32(2)18-20-5-4-6-22(13-20)31-28(33)14-19-7-9-23(10-8-19)35-26-11-12-30-25-16-27(34-3)21(17-29)15-24(25)26/h4-13,15-16H,14,18H2,1-3H3,(H,31,33). The van der Waals surface area contributed by atoms with Gasteiger partial charge in [-0.25, -0.2) is 0 Å². The minimum Gasteiger partial charge on any atom is -0.495 e. The number of nitriles is 1. The maximum atomic E-state index is 12.6. The molecule has 4 rings (SSSR count). The average molecular weight is 467 g/mol. The van der Waals surface area contributed by atoms with Crippen LogP contribution in [0.1, 0.15) is 16.7 Å². The van der Waals surface area contributed by atoms with E-state index in [1.165, 1.54) is 7.11 Å².